The molecule has 3 atom stereocenters. The van der Waals surface area contributed by atoms with E-state index >= 15 is 0 Å². The number of sulfonamides is 1. The Kier molecular flexibility index (Phi) is 42.2. The molecule has 1 aliphatic rings. The summed E-state index contributed by atoms with van der Waals surface area (Å²) < 4.78 is 25.7. The van der Waals surface area contributed by atoms with Crippen molar-refractivity contribution in [2.45, 2.75) is 122 Å². The average Bonchev–Trinajstić information content (AvgIpc) is 1.80. The van der Waals surface area contributed by atoms with Gasteiger partial charge < -0.3 is 74.1 Å². The van der Waals surface area contributed by atoms with Crippen molar-refractivity contribution in [3.63, 3.8) is 0 Å². The van der Waals surface area contributed by atoms with Gasteiger partial charge in [-0.25, -0.2) is 43.5 Å². The van der Waals surface area contributed by atoms with E-state index in [4.69, 9.17) is 22.9 Å². The number of ketones is 6. The van der Waals surface area contributed by atoms with E-state index in [9.17, 15) is 56.7 Å². The van der Waals surface area contributed by atoms with Gasteiger partial charge in [-0.05, 0) is 58.7 Å². The number of hydrogen-bond acceptors (Lipinski definition) is 32. The minimum atomic E-state index is -3.31. The lowest BCUT2D eigenvalue weighted by atomic mass is 9.92. The van der Waals surface area contributed by atoms with Crippen LogP contribution in [0.2, 0.25) is 0 Å². The normalized spacial score (nSPS) is 12.7. The zero-order valence-electron chi connectivity index (χ0n) is 54.2. The number of aromatic nitrogens is 9. The standard InChI is InChI=1S/C8H17N3O3S.C8H12N2OS.C8H14O2.C7H7N3OS.C7H10N2O2S.C7H8N2O2S.C6H6N4OS.CH4N2S.B.HI.H4N2/c1-3-10-8(12)7-6-9-4-5-11(7)15(2,13)14;1-4(2)7-6(5(3)11)10-8(9)12-7;1-5(2)6(3)8(10)7(4)9;1-3-6-5(7(11)10-9-3)8-4(2)12-6;2*1-3(10)5-6(4(2)11)12-7(8)9-5;1-2-4-3(5(11)10-9-2)8-6(7)12-4;2-1(3)4;;;1-2/h7,9H,3-6H2,1-2H3,(H,10,12);4H,1-3H3,(H2,9,10);5-6H,1-4H3;1-2H3,(H,10,11);4,11H,1-2H3,(H2,8,9);1-2H3,(H2,8,9);1H3,(H2,7,8)(H,10,11);(H4,2,3,4);;1H;1-2H2/p-1. The molecule has 7 aromatic rings. The second-order valence-electron chi connectivity index (χ2n) is 19.6. The van der Waals surface area contributed by atoms with Crippen molar-refractivity contribution in [1.29, 1.82) is 0 Å². The number of nitrogens with one attached hydrogen (secondary N) is 4. The first kappa shape index (κ1) is 90.5. The predicted molar refractivity (Wildman–Crippen MR) is 371 cm³/mol. The topological polar surface area (TPSA) is 565 Å². The van der Waals surface area contributed by atoms with Crippen molar-refractivity contribution < 1.29 is 71.1 Å². The number of carbonyl (C=O) groups excluding carboxylic acids is 7. The zero-order valence-corrected chi connectivity index (χ0v) is 62.0. The van der Waals surface area contributed by atoms with Crippen LogP contribution in [0.15, 0.2) is 9.59 Å². The SMILES string of the molecule is CC(=O)C(=O)C(C)C(C)C.CC(=O)c1nc(N)sc1C(C)=O.CC(=O)c1nc(N)sc1C(C)C.CC(=O)c1nc(N)sc1C(C)O.CCNC(=O)C1CNCCN1S(C)(=O)=O.Cc1n[nH]c(=O)c2nc(N)sc12.Cc1nc2c(=O)[nH]nc(C)c2s1.NC(N)=S.NN.[B].[I-]. The van der Waals surface area contributed by atoms with Crippen molar-refractivity contribution in [3.8, 4) is 0 Å². The highest BCUT2D eigenvalue weighted by atomic mass is 127. The summed E-state index contributed by atoms with van der Waals surface area (Å²) in [6.07, 6.45) is 0.448. The molecule has 3 radical (unpaired) electrons. The molecule has 7 aromatic heterocycles. The minimum Gasteiger partial charge on any atom is -1.00 e. The zero-order chi connectivity index (χ0) is 70.7. The fourth-order valence-corrected chi connectivity index (χ4v) is 12.1. The highest BCUT2D eigenvalue weighted by Crippen LogP contribution is 2.29. The number of hydrogen-bond donors (Lipinski definition) is 13. The van der Waals surface area contributed by atoms with Crippen LogP contribution in [0.25, 0.3) is 20.4 Å². The van der Waals surface area contributed by atoms with Gasteiger partial charge in [-0.3, -0.25) is 54.8 Å². The van der Waals surface area contributed by atoms with Gasteiger partial charge in [0.15, 0.2) is 60.1 Å². The number of thiazole rings is 5. The number of aryl methyl sites for hydroxylation is 3. The number of rotatable bonds is 12. The number of halogens is 1. The second-order valence-corrected chi connectivity index (χ2v) is 27.4. The van der Waals surface area contributed by atoms with Crippen LogP contribution in [-0.2, 0) is 24.4 Å². The van der Waals surface area contributed by atoms with Crippen LogP contribution in [0.1, 0.15) is 162 Å². The summed E-state index contributed by atoms with van der Waals surface area (Å²) in [4.78, 5) is 121. The quantitative estimate of drug-likeness (QED) is 0.0144. The molecule has 1 aliphatic heterocycles. The molecule has 93 heavy (non-hydrogen) atoms. The summed E-state index contributed by atoms with van der Waals surface area (Å²) in [6, 6.07) is -0.617. The number of aromatic amines is 2. The average molecular weight is 1540 g/mol. The molecule has 3 unspecified atom stereocenters. The lowest BCUT2D eigenvalue weighted by Crippen LogP contribution is -3.00. The number of carbonyl (C=O) groups is 7. The van der Waals surface area contributed by atoms with Gasteiger partial charge in [0.05, 0.1) is 43.0 Å². The fraction of sp³-hybridized carbons (Fsp3) is 0.481. The molecule has 1 fully saturated rings. The van der Waals surface area contributed by atoms with Gasteiger partial charge in [0, 0.05) is 80.0 Å². The third-order valence-electron chi connectivity index (χ3n) is 11.4. The molecule has 0 aromatic carbocycles. The number of piperazine rings is 1. The van der Waals surface area contributed by atoms with E-state index in [1.165, 1.54) is 72.9 Å². The molecule has 515 valence electrons. The molecule has 0 bridgehead atoms. The van der Waals surface area contributed by atoms with E-state index < -0.39 is 22.2 Å². The van der Waals surface area contributed by atoms with E-state index in [-0.39, 0.29) is 118 Å². The van der Waals surface area contributed by atoms with Crippen LogP contribution in [-0.4, -0.2) is 156 Å². The Morgan fingerprint density at radius 3 is 1.42 bits per heavy atom. The molecular formula is C52H82BIN20O12S7-. The molecule has 8 heterocycles. The Balaban J connectivity index is -0.000001000. The maximum Gasteiger partial charge on any atom is 0.291 e. The smallest absolute Gasteiger partial charge is 0.291 e. The van der Waals surface area contributed by atoms with E-state index in [2.05, 4.69) is 91.3 Å². The lowest BCUT2D eigenvalue weighted by Gasteiger charge is -2.32. The Labute approximate surface area is 582 Å². The summed E-state index contributed by atoms with van der Waals surface area (Å²) in [5.41, 5.74) is 33.9. The molecule has 0 spiro atoms. The van der Waals surface area contributed by atoms with Crippen molar-refractivity contribution in [3.05, 3.63) is 68.8 Å². The van der Waals surface area contributed by atoms with Gasteiger partial charge in [-0.15, -0.1) is 22.7 Å². The van der Waals surface area contributed by atoms with Gasteiger partial charge in [0.25, 0.3) is 11.1 Å². The van der Waals surface area contributed by atoms with E-state index in [1.807, 2.05) is 41.5 Å². The number of fused-ring (bicyclic) bond motifs is 2. The van der Waals surface area contributed by atoms with Gasteiger partial charge in [0.1, 0.15) is 33.5 Å². The van der Waals surface area contributed by atoms with Gasteiger partial charge >= 0.3 is 0 Å². The number of likely N-dealkylation sites (N-methyl/N-ethyl adjacent to an activating group) is 1. The molecule has 21 N–H and O–H groups in total. The van der Waals surface area contributed by atoms with Crippen molar-refractivity contribution in [2.75, 3.05) is 55.4 Å². The first-order valence-corrected chi connectivity index (χ1v) is 33.3. The van der Waals surface area contributed by atoms with Crippen LogP contribution < -0.4 is 91.8 Å². The number of anilines is 4. The van der Waals surface area contributed by atoms with Crippen LogP contribution in [0, 0.1) is 32.6 Å². The van der Waals surface area contributed by atoms with Crippen LogP contribution in [0.4, 0.5) is 20.5 Å². The predicted octanol–water partition coefficient (Wildman–Crippen LogP) is -0.147. The maximum absolute atomic E-state index is 11.6. The number of nitrogens with two attached hydrogens (primary N) is 8. The van der Waals surface area contributed by atoms with Crippen LogP contribution in [0.5, 0.6) is 0 Å². The third-order valence-corrected chi connectivity index (χ3v) is 17.9. The van der Waals surface area contributed by atoms with Crippen LogP contribution >= 0.6 is 68.9 Å². The molecule has 0 saturated carbocycles. The summed E-state index contributed by atoms with van der Waals surface area (Å²) in [7, 11) is -3.31. The van der Waals surface area contributed by atoms with E-state index in [0.29, 0.717) is 74.0 Å². The molecule has 32 nitrogen and oxygen atoms in total. The summed E-state index contributed by atoms with van der Waals surface area (Å²) >= 11 is 10.5. The molecular weight excluding hydrogens is 1460 g/mol. The Morgan fingerprint density at radius 1 is 0.677 bits per heavy atom. The molecule has 1 saturated heterocycles. The van der Waals surface area contributed by atoms with Gasteiger partial charge in [-0.1, -0.05) is 68.6 Å². The number of nitrogen functional groups attached to an aromatic ring is 4. The largest absolute Gasteiger partial charge is 1.00 e. The number of amides is 1. The Bertz CT molecular complexity index is 3670. The monoisotopic (exact) mass is 1540 g/mol. The Morgan fingerprint density at radius 2 is 1.09 bits per heavy atom. The molecule has 1 amide bonds. The lowest BCUT2D eigenvalue weighted by molar-refractivity contribution is -0.138. The van der Waals surface area contributed by atoms with Crippen molar-refractivity contribution >= 4 is 174 Å². The second kappa shape index (κ2) is 43.4. The summed E-state index contributed by atoms with van der Waals surface area (Å²) in [5, 5.41) is 29.6. The van der Waals surface area contributed by atoms with Gasteiger partial charge in [-0.2, -0.15) is 14.5 Å². The van der Waals surface area contributed by atoms with Crippen molar-refractivity contribution in [1.82, 2.24) is 60.3 Å². The highest BCUT2D eigenvalue weighted by molar-refractivity contribution is 7.88. The summed E-state index contributed by atoms with van der Waals surface area (Å²) in [5.74, 6) is 7.05. The Hall–Kier alpha value is -6.65. The molecule has 0 aliphatic carbocycles. The van der Waals surface area contributed by atoms with E-state index in [1.54, 1.807) is 27.7 Å². The molecule has 41 heteroatoms. The number of hydrazine groups is 1. The van der Waals surface area contributed by atoms with E-state index in [0.717, 1.165) is 59.6 Å². The first-order valence-electron chi connectivity index (χ1n) is 26.9. The first-order chi connectivity index (χ1) is 42.1. The highest BCUT2D eigenvalue weighted by Gasteiger charge is 2.34. The van der Waals surface area contributed by atoms with Crippen LogP contribution in [0.3, 0.4) is 0 Å². The number of aliphatic hydroxyl groups is 1. The summed E-state index contributed by atoms with van der Waals surface area (Å²) in [6.45, 7) is 27.4. The fourth-order valence-electron chi connectivity index (χ4n) is 6.95. The number of thiocarbonyl (C=S) groups is 1. The number of nitrogens with zero attached hydrogens (tertiary/aromatic N) is 8. The van der Waals surface area contributed by atoms with Crippen molar-refractivity contribution in [2.24, 2.45) is 35.0 Å². The molecule has 8 rings (SSSR count). The number of H-pyrrole nitrogens is 2. The third kappa shape index (κ3) is 30.5. The van der Waals surface area contributed by atoms with Gasteiger partial charge in [0.2, 0.25) is 21.7 Å². The minimum absolute atomic E-state index is 0. The number of Topliss-reactive ketones (excluding diaryl/α,β-unsaturated/α-hetero) is 6. The maximum atomic E-state index is 11.6. The number of aliphatic hydroxyl groups excluding tert-OH is 1.